The number of halogens is 1. The molecule has 86 valence electrons. The topological polar surface area (TPSA) is 50.2 Å². The average molecular weight is 248 g/mol. The Morgan fingerprint density at radius 1 is 1.18 bits per heavy atom. The molecule has 3 nitrogen and oxygen atoms in total. The third-order valence-corrected chi connectivity index (χ3v) is 2.57. The zero-order valence-electron chi connectivity index (χ0n) is 8.93. The lowest BCUT2D eigenvalue weighted by molar-refractivity contribution is -0.136. The number of rotatable bonds is 3. The monoisotopic (exact) mass is 247 g/mol. The Hall–Kier alpha value is -1.87. The third kappa shape index (κ3) is 3.04. The van der Waals surface area contributed by atoms with Gasteiger partial charge in [0, 0.05) is 16.8 Å². The van der Waals surface area contributed by atoms with Crippen LogP contribution >= 0.6 is 11.6 Å². The fourth-order valence-corrected chi connectivity index (χ4v) is 1.62. The maximum atomic E-state index is 10.5. The smallest absolute Gasteiger partial charge is 0.307 e. The minimum Gasteiger partial charge on any atom is -0.481 e. The van der Waals surface area contributed by atoms with Gasteiger partial charge >= 0.3 is 5.97 Å². The van der Waals surface area contributed by atoms with Crippen molar-refractivity contribution >= 4 is 17.6 Å². The zero-order chi connectivity index (χ0) is 12.3. The van der Waals surface area contributed by atoms with E-state index in [-0.39, 0.29) is 6.42 Å². The van der Waals surface area contributed by atoms with E-state index in [1.54, 1.807) is 24.4 Å². The molecule has 1 N–H and O–H groups in total. The molecule has 0 amide bonds. The van der Waals surface area contributed by atoms with E-state index in [2.05, 4.69) is 4.98 Å². The number of carbonyl (C=O) groups is 1. The van der Waals surface area contributed by atoms with E-state index in [1.807, 2.05) is 18.2 Å². The third-order valence-electron chi connectivity index (χ3n) is 2.32. The molecule has 0 fully saturated rings. The van der Waals surface area contributed by atoms with Gasteiger partial charge < -0.3 is 5.11 Å². The second-order valence-electron chi connectivity index (χ2n) is 3.63. The highest BCUT2D eigenvalue weighted by atomic mass is 35.5. The molecule has 1 heterocycles. The van der Waals surface area contributed by atoms with Crippen LogP contribution in [0.2, 0.25) is 5.02 Å². The van der Waals surface area contributed by atoms with E-state index in [4.69, 9.17) is 16.7 Å². The summed E-state index contributed by atoms with van der Waals surface area (Å²) >= 11 is 5.80. The van der Waals surface area contributed by atoms with Crippen LogP contribution < -0.4 is 0 Å². The van der Waals surface area contributed by atoms with Gasteiger partial charge in [-0.15, -0.1) is 0 Å². The lowest BCUT2D eigenvalue weighted by Gasteiger charge is -2.02. The van der Waals surface area contributed by atoms with Gasteiger partial charge in [-0.3, -0.25) is 9.78 Å². The standard InChI is InChI=1S/C13H10ClNO2/c14-11-4-2-10(3-5-11)12-6-1-9(8-15-12)7-13(16)17/h1-6,8H,7H2,(H,16,17). The summed E-state index contributed by atoms with van der Waals surface area (Å²) in [6, 6.07) is 10.9. The fourth-order valence-electron chi connectivity index (χ4n) is 1.50. The van der Waals surface area contributed by atoms with E-state index >= 15 is 0 Å². The Labute approximate surface area is 104 Å². The zero-order valence-corrected chi connectivity index (χ0v) is 9.69. The van der Waals surface area contributed by atoms with E-state index < -0.39 is 5.97 Å². The van der Waals surface area contributed by atoms with E-state index in [9.17, 15) is 4.79 Å². The van der Waals surface area contributed by atoms with Crippen molar-refractivity contribution < 1.29 is 9.90 Å². The first-order valence-electron chi connectivity index (χ1n) is 5.08. The van der Waals surface area contributed by atoms with Gasteiger partial charge in [0.25, 0.3) is 0 Å². The molecule has 0 bridgehead atoms. The normalized spacial score (nSPS) is 10.2. The lowest BCUT2D eigenvalue weighted by atomic mass is 10.1. The van der Waals surface area contributed by atoms with Gasteiger partial charge in [0.15, 0.2) is 0 Å². The number of nitrogens with zero attached hydrogens (tertiary/aromatic N) is 1. The molecule has 0 unspecified atom stereocenters. The van der Waals surface area contributed by atoms with Crippen LogP contribution in [0.3, 0.4) is 0 Å². The van der Waals surface area contributed by atoms with Gasteiger partial charge in [-0.05, 0) is 23.8 Å². The molecule has 0 saturated carbocycles. The van der Waals surface area contributed by atoms with Crippen LogP contribution in [-0.4, -0.2) is 16.1 Å². The van der Waals surface area contributed by atoms with Crippen molar-refractivity contribution in [2.75, 3.05) is 0 Å². The van der Waals surface area contributed by atoms with Crippen LogP contribution in [0.1, 0.15) is 5.56 Å². The first-order valence-corrected chi connectivity index (χ1v) is 5.45. The molecule has 1 aromatic heterocycles. The maximum absolute atomic E-state index is 10.5. The van der Waals surface area contributed by atoms with Gasteiger partial charge in [0.1, 0.15) is 0 Å². The van der Waals surface area contributed by atoms with Crippen LogP contribution in [0.4, 0.5) is 0 Å². The van der Waals surface area contributed by atoms with Gasteiger partial charge in [-0.2, -0.15) is 0 Å². The molecule has 0 aliphatic carbocycles. The molecule has 2 aromatic rings. The highest BCUT2D eigenvalue weighted by Gasteiger charge is 2.02. The summed E-state index contributed by atoms with van der Waals surface area (Å²) in [7, 11) is 0. The summed E-state index contributed by atoms with van der Waals surface area (Å²) in [5.41, 5.74) is 2.45. The minimum absolute atomic E-state index is 0.00605. The number of hydrogen-bond acceptors (Lipinski definition) is 2. The Kier molecular flexibility index (Phi) is 3.40. The molecular formula is C13H10ClNO2. The number of pyridine rings is 1. The summed E-state index contributed by atoms with van der Waals surface area (Å²) in [6.45, 7) is 0. The minimum atomic E-state index is -0.856. The molecule has 0 aliphatic heterocycles. The molecule has 0 radical (unpaired) electrons. The first kappa shape index (κ1) is 11.6. The number of benzene rings is 1. The van der Waals surface area contributed by atoms with Crippen molar-refractivity contribution in [1.82, 2.24) is 4.98 Å². The number of hydrogen-bond donors (Lipinski definition) is 1. The van der Waals surface area contributed by atoms with Crippen molar-refractivity contribution in [2.24, 2.45) is 0 Å². The van der Waals surface area contributed by atoms with Gasteiger partial charge in [-0.25, -0.2) is 0 Å². The number of carboxylic acid groups (broad SMARTS) is 1. The predicted octanol–water partition coefficient (Wildman–Crippen LogP) is 3.03. The molecule has 0 saturated heterocycles. The molecular weight excluding hydrogens is 238 g/mol. The second kappa shape index (κ2) is 4.97. The first-order chi connectivity index (χ1) is 8.15. The van der Waals surface area contributed by atoms with E-state index in [1.165, 1.54) is 0 Å². The average Bonchev–Trinajstić information content (AvgIpc) is 2.30. The molecule has 1 aromatic carbocycles. The summed E-state index contributed by atoms with van der Waals surface area (Å²) in [6.07, 6.45) is 1.58. The molecule has 17 heavy (non-hydrogen) atoms. The highest BCUT2D eigenvalue weighted by molar-refractivity contribution is 6.30. The van der Waals surface area contributed by atoms with Crippen molar-refractivity contribution in [2.45, 2.75) is 6.42 Å². The van der Waals surface area contributed by atoms with Crippen molar-refractivity contribution in [3.8, 4) is 11.3 Å². The molecule has 0 aliphatic rings. The van der Waals surface area contributed by atoms with Crippen LogP contribution in [0.25, 0.3) is 11.3 Å². The van der Waals surface area contributed by atoms with Gasteiger partial charge in [0.05, 0.1) is 12.1 Å². The Balaban J connectivity index is 2.23. The van der Waals surface area contributed by atoms with E-state index in [0.717, 1.165) is 11.3 Å². The van der Waals surface area contributed by atoms with Crippen LogP contribution in [-0.2, 0) is 11.2 Å². The Morgan fingerprint density at radius 2 is 1.88 bits per heavy atom. The van der Waals surface area contributed by atoms with Crippen molar-refractivity contribution in [1.29, 1.82) is 0 Å². The van der Waals surface area contributed by atoms with Crippen LogP contribution in [0.15, 0.2) is 42.6 Å². The summed E-state index contributed by atoms with van der Waals surface area (Å²) in [5, 5.41) is 9.32. The quantitative estimate of drug-likeness (QED) is 0.907. The molecule has 2 rings (SSSR count). The largest absolute Gasteiger partial charge is 0.481 e. The number of carboxylic acids is 1. The maximum Gasteiger partial charge on any atom is 0.307 e. The van der Waals surface area contributed by atoms with Gasteiger partial charge in [0.2, 0.25) is 0 Å². The second-order valence-corrected chi connectivity index (χ2v) is 4.07. The Bertz CT molecular complexity index is 520. The van der Waals surface area contributed by atoms with Crippen molar-refractivity contribution in [3.05, 3.63) is 53.2 Å². The van der Waals surface area contributed by atoms with E-state index in [0.29, 0.717) is 10.6 Å². The fraction of sp³-hybridized carbons (Fsp3) is 0.0769. The molecule has 4 heteroatoms. The Morgan fingerprint density at radius 3 is 2.41 bits per heavy atom. The molecule has 0 spiro atoms. The molecule has 0 atom stereocenters. The summed E-state index contributed by atoms with van der Waals surface area (Å²) in [4.78, 5) is 14.7. The van der Waals surface area contributed by atoms with Gasteiger partial charge in [-0.1, -0.05) is 29.8 Å². The SMILES string of the molecule is O=C(O)Cc1ccc(-c2ccc(Cl)cc2)nc1. The lowest BCUT2D eigenvalue weighted by Crippen LogP contribution is -2.00. The number of aromatic nitrogens is 1. The highest BCUT2D eigenvalue weighted by Crippen LogP contribution is 2.19. The predicted molar refractivity (Wildman–Crippen MR) is 66.0 cm³/mol. The van der Waals surface area contributed by atoms with Crippen LogP contribution in [0.5, 0.6) is 0 Å². The van der Waals surface area contributed by atoms with Crippen molar-refractivity contribution in [3.63, 3.8) is 0 Å². The summed E-state index contributed by atoms with van der Waals surface area (Å²) in [5.74, 6) is -0.856. The van der Waals surface area contributed by atoms with Crippen LogP contribution in [0, 0.1) is 0 Å². The summed E-state index contributed by atoms with van der Waals surface area (Å²) < 4.78 is 0. The number of aliphatic carboxylic acids is 1.